The molecule has 2 fully saturated rings. The van der Waals surface area contributed by atoms with Crippen LogP contribution in [0.3, 0.4) is 0 Å². The molecule has 1 unspecified atom stereocenters. The zero-order chi connectivity index (χ0) is 16.2. The molecular weight excluding hydrogens is 310 g/mol. The number of anilines is 1. The van der Waals surface area contributed by atoms with E-state index in [9.17, 15) is 9.00 Å². The predicted octanol–water partition coefficient (Wildman–Crippen LogP) is 1.86. The van der Waals surface area contributed by atoms with Crippen LogP contribution in [0.25, 0.3) is 0 Å². The van der Waals surface area contributed by atoms with E-state index in [0.29, 0.717) is 5.69 Å². The smallest absolute Gasteiger partial charge is 0.247 e. The molecule has 1 atom stereocenters. The molecule has 0 spiro atoms. The number of amides is 1. The number of rotatable bonds is 6. The summed E-state index contributed by atoms with van der Waals surface area (Å²) in [6, 6.07) is 7.17. The molecule has 1 aromatic rings. The number of nitrogens with zero attached hydrogens (tertiary/aromatic N) is 2. The Morgan fingerprint density at radius 1 is 1.22 bits per heavy atom. The maximum atomic E-state index is 12.6. The minimum absolute atomic E-state index is 0.245. The molecule has 124 valence electrons. The van der Waals surface area contributed by atoms with E-state index in [2.05, 4.69) is 16.8 Å². The minimum atomic E-state index is -1.13. The Morgan fingerprint density at radius 2 is 1.87 bits per heavy atom. The molecular formula is C17H23N3O2S. The van der Waals surface area contributed by atoms with Crippen molar-refractivity contribution < 1.29 is 9.00 Å². The number of benzene rings is 1. The zero-order valence-electron chi connectivity index (χ0n) is 13.2. The van der Waals surface area contributed by atoms with Crippen molar-refractivity contribution in [1.82, 2.24) is 9.21 Å². The third-order valence-electron chi connectivity index (χ3n) is 4.29. The summed E-state index contributed by atoms with van der Waals surface area (Å²) in [6.07, 6.45) is 3.98. The lowest BCUT2D eigenvalue weighted by Gasteiger charge is -2.33. The minimum Gasteiger partial charge on any atom is -0.323 e. The molecule has 23 heavy (non-hydrogen) atoms. The fourth-order valence-corrected chi connectivity index (χ4v) is 3.90. The number of hydrogen-bond donors (Lipinski definition) is 1. The fourth-order valence-electron chi connectivity index (χ4n) is 2.74. The van der Waals surface area contributed by atoms with E-state index in [-0.39, 0.29) is 5.91 Å². The Balaban J connectivity index is 1.53. The van der Waals surface area contributed by atoms with Gasteiger partial charge in [0.05, 0.1) is 4.90 Å². The molecule has 2 aliphatic rings. The first-order valence-corrected chi connectivity index (χ1v) is 9.19. The van der Waals surface area contributed by atoms with Gasteiger partial charge in [0.1, 0.15) is 11.0 Å². The van der Waals surface area contributed by atoms with Gasteiger partial charge in [0.25, 0.3) is 0 Å². The Morgan fingerprint density at radius 3 is 2.43 bits per heavy atom. The van der Waals surface area contributed by atoms with Crippen LogP contribution < -0.4 is 5.32 Å². The lowest BCUT2D eigenvalue weighted by molar-refractivity contribution is -0.111. The van der Waals surface area contributed by atoms with Crippen LogP contribution in [0.2, 0.25) is 0 Å². The van der Waals surface area contributed by atoms with Gasteiger partial charge in [0, 0.05) is 38.4 Å². The first-order valence-electron chi connectivity index (χ1n) is 8.08. The topological polar surface area (TPSA) is 52.7 Å². The molecule has 1 saturated carbocycles. The summed E-state index contributed by atoms with van der Waals surface area (Å²) in [5.41, 5.74) is 0.685. The van der Waals surface area contributed by atoms with E-state index in [1.54, 1.807) is 12.1 Å². The fraction of sp³-hybridized carbons (Fsp3) is 0.471. The van der Waals surface area contributed by atoms with Crippen LogP contribution in [-0.4, -0.2) is 52.0 Å². The molecule has 5 nitrogen and oxygen atoms in total. The van der Waals surface area contributed by atoms with Gasteiger partial charge >= 0.3 is 0 Å². The van der Waals surface area contributed by atoms with Crippen LogP contribution >= 0.6 is 0 Å². The average Bonchev–Trinajstić information content (AvgIpc) is 3.39. The monoisotopic (exact) mass is 333 g/mol. The zero-order valence-corrected chi connectivity index (χ0v) is 14.1. The van der Waals surface area contributed by atoms with Crippen LogP contribution in [0, 0.1) is 5.92 Å². The highest BCUT2D eigenvalue weighted by atomic mass is 32.2. The molecule has 1 aromatic carbocycles. The van der Waals surface area contributed by atoms with Crippen molar-refractivity contribution in [3.8, 4) is 0 Å². The van der Waals surface area contributed by atoms with Gasteiger partial charge in [-0.25, -0.2) is 8.51 Å². The summed E-state index contributed by atoms with van der Waals surface area (Å²) in [4.78, 5) is 14.5. The van der Waals surface area contributed by atoms with Gasteiger partial charge in [-0.15, -0.1) is 0 Å². The molecule has 6 heteroatoms. The molecule has 1 amide bonds. The molecule has 0 bridgehead atoms. The largest absolute Gasteiger partial charge is 0.323 e. The summed E-state index contributed by atoms with van der Waals surface area (Å²) in [6.45, 7) is 8.30. The maximum absolute atomic E-state index is 12.6. The summed E-state index contributed by atoms with van der Waals surface area (Å²) in [7, 11) is -1.13. The molecule has 0 radical (unpaired) electrons. The van der Waals surface area contributed by atoms with Crippen molar-refractivity contribution in [2.45, 2.75) is 17.7 Å². The normalized spacial score (nSPS) is 20.9. The van der Waals surface area contributed by atoms with E-state index in [0.717, 1.165) is 37.0 Å². The van der Waals surface area contributed by atoms with Gasteiger partial charge in [0.2, 0.25) is 5.91 Å². The molecule has 1 aliphatic carbocycles. The number of carbonyl (C=O) groups excluding carboxylic acids is 1. The second-order valence-corrected chi connectivity index (χ2v) is 7.63. The number of piperazine rings is 1. The van der Waals surface area contributed by atoms with E-state index in [4.69, 9.17) is 0 Å². The van der Waals surface area contributed by atoms with Crippen LogP contribution in [0.15, 0.2) is 41.8 Å². The van der Waals surface area contributed by atoms with Crippen LogP contribution in [-0.2, 0) is 15.8 Å². The second-order valence-electron chi connectivity index (χ2n) is 6.14. The third kappa shape index (κ3) is 4.50. The first-order chi connectivity index (χ1) is 11.2. The summed E-state index contributed by atoms with van der Waals surface area (Å²) < 4.78 is 14.7. The van der Waals surface area contributed by atoms with Crippen molar-refractivity contribution in [3.63, 3.8) is 0 Å². The second kappa shape index (κ2) is 7.38. The van der Waals surface area contributed by atoms with Crippen LogP contribution in [0.4, 0.5) is 5.69 Å². The Labute approximate surface area is 139 Å². The van der Waals surface area contributed by atoms with Crippen molar-refractivity contribution in [2.75, 3.05) is 38.0 Å². The molecule has 1 aliphatic heterocycles. The highest BCUT2D eigenvalue weighted by molar-refractivity contribution is 7.82. The highest BCUT2D eigenvalue weighted by Gasteiger charge is 2.27. The van der Waals surface area contributed by atoms with Gasteiger partial charge in [0.15, 0.2) is 0 Å². The van der Waals surface area contributed by atoms with Gasteiger partial charge in [-0.3, -0.25) is 4.79 Å². The van der Waals surface area contributed by atoms with Crippen LogP contribution in [0.5, 0.6) is 0 Å². The molecule has 3 rings (SSSR count). The SMILES string of the molecule is C=CC(=O)Nc1ccc(S(=O)N2CCN(CC3CC3)CC2)cc1. The Kier molecular flexibility index (Phi) is 5.25. The molecule has 1 saturated heterocycles. The number of nitrogens with one attached hydrogen (secondary N) is 1. The van der Waals surface area contributed by atoms with Gasteiger partial charge < -0.3 is 10.2 Å². The van der Waals surface area contributed by atoms with Crippen LogP contribution in [0.1, 0.15) is 12.8 Å². The number of carbonyl (C=O) groups is 1. The van der Waals surface area contributed by atoms with Crippen molar-refractivity contribution in [1.29, 1.82) is 0 Å². The van der Waals surface area contributed by atoms with E-state index >= 15 is 0 Å². The summed E-state index contributed by atoms with van der Waals surface area (Å²) >= 11 is 0. The lowest BCUT2D eigenvalue weighted by atomic mass is 10.3. The van der Waals surface area contributed by atoms with E-state index in [1.165, 1.54) is 25.5 Å². The quantitative estimate of drug-likeness (QED) is 0.809. The van der Waals surface area contributed by atoms with Crippen molar-refractivity contribution in [3.05, 3.63) is 36.9 Å². The molecule has 0 aromatic heterocycles. The summed E-state index contributed by atoms with van der Waals surface area (Å²) in [5.74, 6) is 0.663. The third-order valence-corrected chi connectivity index (χ3v) is 5.80. The summed E-state index contributed by atoms with van der Waals surface area (Å²) in [5, 5.41) is 2.69. The first kappa shape index (κ1) is 16.4. The Bertz CT molecular complexity index is 590. The van der Waals surface area contributed by atoms with Crippen molar-refractivity contribution >= 4 is 22.6 Å². The van der Waals surface area contributed by atoms with Gasteiger partial charge in [-0.05, 0) is 49.1 Å². The molecule has 1 heterocycles. The van der Waals surface area contributed by atoms with Crippen molar-refractivity contribution in [2.24, 2.45) is 5.92 Å². The highest BCUT2D eigenvalue weighted by Crippen LogP contribution is 2.30. The Hall–Kier alpha value is -1.50. The van der Waals surface area contributed by atoms with Gasteiger partial charge in [-0.2, -0.15) is 0 Å². The van der Waals surface area contributed by atoms with E-state index in [1.807, 2.05) is 16.4 Å². The van der Waals surface area contributed by atoms with Gasteiger partial charge in [-0.1, -0.05) is 6.58 Å². The average molecular weight is 333 g/mol. The lowest BCUT2D eigenvalue weighted by Crippen LogP contribution is -2.47. The maximum Gasteiger partial charge on any atom is 0.247 e. The standard InChI is InChI=1S/C17H23N3O2S/c1-2-17(21)18-15-5-7-16(8-6-15)23(22)20-11-9-19(10-12-20)13-14-3-4-14/h2,5-8,14H,1,3-4,9-13H2,(H,18,21). The number of hydrogen-bond acceptors (Lipinski definition) is 3. The van der Waals surface area contributed by atoms with E-state index < -0.39 is 11.0 Å². The predicted molar refractivity (Wildman–Crippen MR) is 92.4 cm³/mol. The molecule has 1 N–H and O–H groups in total.